The second-order valence-electron chi connectivity index (χ2n) is 4.74. The second-order valence-corrected chi connectivity index (χ2v) is 4.74. The molecular formula is C14H18FNO. The van der Waals surface area contributed by atoms with E-state index in [1.807, 2.05) is 4.90 Å². The van der Waals surface area contributed by atoms with Gasteiger partial charge in [-0.2, -0.15) is 0 Å². The highest BCUT2D eigenvalue weighted by Gasteiger charge is 2.22. The number of rotatable bonds is 2. The summed E-state index contributed by atoms with van der Waals surface area (Å²) in [6, 6.07) is 6.61. The summed E-state index contributed by atoms with van der Waals surface area (Å²) < 4.78 is 13.0. The van der Waals surface area contributed by atoms with Gasteiger partial charge in [0.2, 0.25) is 5.91 Å². The van der Waals surface area contributed by atoms with Crippen molar-refractivity contribution in [2.45, 2.75) is 38.6 Å². The molecule has 1 aromatic carbocycles. The molecule has 1 atom stereocenters. The molecule has 92 valence electrons. The summed E-state index contributed by atoms with van der Waals surface area (Å²) in [7, 11) is 0. The van der Waals surface area contributed by atoms with Crippen LogP contribution >= 0.6 is 0 Å². The minimum Gasteiger partial charge on any atom is -0.340 e. The molecule has 0 aliphatic carbocycles. The number of hydrogen-bond donors (Lipinski definition) is 0. The molecule has 1 heterocycles. The Morgan fingerprint density at radius 3 is 3.00 bits per heavy atom. The molecule has 1 unspecified atom stereocenters. The number of carbonyl (C=O) groups is 1. The molecule has 0 saturated carbocycles. The summed E-state index contributed by atoms with van der Waals surface area (Å²) in [6.07, 6.45) is 3.67. The normalized spacial score (nSPS) is 20.4. The lowest BCUT2D eigenvalue weighted by Gasteiger charge is -2.33. The third-order valence-electron chi connectivity index (χ3n) is 3.37. The van der Waals surface area contributed by atoms with Gasteiger partial charge >= 0.3 is 0 Å². The van der Waals surface area contributed by atoms with E-state index < -0.39 is 0 Å². The smallest absolute Gasteiger partial charge is 0.227 e. The van der Waals surface area contributed by atoms with Crippen LogP contribution in [0.25, 0.3) is 0 Å². The maximum absolute atomic E-state index is 13.0. The van der Waals surface area contributed by atoms with Crippen molar-refractivity contribution in [3.8, 4) is 0 Å². The van der Waals surface area contributed by atoms with Gasteiger partial charge in [0.15, 0.2) is 0 Å². The predicted octanol–water partition coefficient (Wildman–Crippen LogP) is 2.77. The third kappa shape index (κ3) is 3.05. The van der Waals surface area contributed by atoms with E-state index in [0.29, 0.717) is 12.5 Å². The van der Waals surface area contributed by atoms with E-state index in [-0.39, 0.29) is 11.7 Å². The Labute approximate surface area is 101 Å². The standard InChI is InChI=1S/C14H18FNO/c1-11-5-2-3-8-16(11)14(17)10-12-6-4-7-13(15)9-12/h4,6-7,9,11H,2-3,5,8,10H2,1H3. The number of piperidine rings is 1. The Kier molecular flexibility index (Phi) is 3.77. The van der Waals surface area contributed by atoms with Crippen molar-refractivity contribution in [2.24, 2.45) is 0 Å². The van der Waals surface area contributed by atoms with Crippen molar-refractivity contribution < 1.29 is 9.18 Å². The van der Waals surface area contributed by atoms with Gasteiger partial charge in [0, 0.05) is 12.6 Å². The number of halogens is 1. The fraction of sp³-hybridized carbons (Fsp3) is 0.500. The van der Waals surface area contributed by atoms with E-state index in [9.17, 15) is 9.18 Å². The van der Waals surface area contributed by atoms with Crippen LogP contribution in [0.4, 0.5) is 4.39 Å². The zero-order valence-electron chi connectivity index (χ0n) is 10.2. The summed E-state index contributed by atoms with van der Waals surface area (Å²) in [5.41, 5.74) is 0.757. The molecule has 0 aromatic heterocycles. The van der Waals surface area contributed by atoms with Gasteiger partial charge in [0.25, 0.3) is 0 Å². The van der Waals surface area contributed by atoms with E-state index in [4.69, 9.17) is 0 Å². The first-order valence-electron chi connectivity index (χ1n) is 6.21. The molecule has 1 aliphatic heterocycles. The fourth-order valence-electron chi connectivity index (χ4n) is 2.39. The summed E-state index contributed by atoms with van der Waals surface area (Å²) >= 11 is 0. The first-order chi connectivity index (χ1) is 8.16. The molecule has 0 N–H and O–H groups in total. The van der Waals surface area contributed by atoms with Crippen LogP contribution in [-0.4, -0.2) is 23.4 Å². The summed E-state index contributed by atoms with van der Waals surface area (Å²) in [5.74, 6) is -0.162. The van der Waals surface area contributed by atoms with Crippen LogP contribution in [0.1, 0.15) is 31.7 Å². The molecule has 2 rings (SSSR count). The fourth-order valence-corrected chi connectivity index (χ4v) is 2.39. The highest BCUT2D eigenvalue weighted by molar-refractivity contribution is 5.79. The quantitative estimate of drug-likeness (QED) is 0.772. The molecule has 1 aromatic rings. The van der Waals surface area contributed by atoms with Crippen molar-refractivity contribution in [2.75, 3.05) is 6.54 Å². The first-order valence-corrected chi connectivity index (χ1v) is 6.21. The van der Waals surface area contributed by atoms with Crippen molar-refractivity contribution in [1.29, 1.82) is 0 Å². The van der Waals surface area contributed by atoms with Gasteiger partial charge in [-0.3, -0.25) is 4.79 Å². The Bertz CT molecular complexity index is 405. The van der Waals surface area contributed by atoms with Crippen molar-refractivity contribution in [3.05, 3.63) is 35.6 Å². The molecule has 17 heavy (non-hydrogen) atoms. The van der Waals surface area contributed by atoms with Crippen LogP contribution in [0.2, 0.25) is 0 Å². The Balaban J connectivity index is 2.01. The average Bonchev–Trinajstić information content (AvgIpc) is 2.29. The van der Waals surface area contributed by atoms with Crippen LogP contribution < -0.4 is 0 Å². The van der Waals surface area contributed by atoms with Gasteiger partial charge in [-0.15, -0.1) is 0 Å². The van der Waals surface area contributed by atoms with Crippen LogP contribution in [0, 0.1) is 5.82 Å². The molecule has 1 amide bonds. The lowest BCUT2D eigenvalue weighted by atomic mass is 10.0. The van der Waals surface area contributed by atoms with Gasteiger partial charge in [0.05, 0.1) is 6.42 Å². The van der Waals surface area contributed by atoms with Gasteiger partial charge in [-0.05, 0) is 43.9 Å². The van der Waals surface area contributed by atoms with E-state index in [2.05, 4.69) is 6.92 Å². The minimum atomic E-state index is -0.276. The van der Waals surface area contributed by atoms with E-state index in [1.165, 1.54) is 18.6 Å². The van der Waals surface area contributed by atoms with Crippen LogP contribution in [0.3, 0.4) is 0 Å². The minimum absolute atomic E-state index is 0.114. The molecule has 0 spiro atoms. The monoisotopic (exact) mass is 235 g/mol. The van der Waals surface area contributed by atoms with Crippen molar-refractivity contribution >= 4 is 5.91 Å². The zero-order chi connectivity index (χ0) is 12.3. The molecule has 3 heteroatoms. The maximum atomic E-state index is 13.0. The average molecular weight is 235 g/mol. The third-order valence-corrected chi connectivity index (χ3v) is 3.37. The van der Waals surface area contributed by atoms with Gasteiger partial charge in [-0.1, -0.05) is 12.1 Å². The van der Waals surface area contributed by atoms with Gasteiger partial charge < -0.3 is 4.90 Å². The first kappa shape index (κ1) is 12.1. The summed E-state index contributed by atoms with van der Waals surface area (Å²) in [6.45, 7) is 2.93. The molecule has 1 saturated heterocycles. The molecular weight excluding hydrogens is 217 g/mol. The number of amides is 1. The summed E-state index contributed by atoms with van der Waals surface area (Å²) in [5, 5.41) is 0. The van der Waals surface area contributed by atoms with E-state index in [1.54, 1.807) is 12.1 Å². The molecule has 2 nitrogen and oxygen atoms in total. The number of carbonyl (C=O) groups excluding carboxylic acids is 1. The number of hydrogen-bond acceptors (Lipinski definition) is 1. The van der Waals surface area contributed by atoms with Crippen LogP contribution in [0.15, 0.2) is 24.3 Å². The Hall–Kier alpha value is -1.38. The van der Waals surface area contributed by atoms with Crippen LogP contribution in [-0.2, 0) is 11.2 Å². The topological polar surface area (TPSA) is 20.3 Å². The second kappa shape index (κ2) is 5.30. The number of benzene rings is 1. The van der Waals surface area contributed by atoms with Crippen molar-refractivity contribution in [3.63, 3.8) is 0 Å². The molecule has 1 fully saturated rings. The van der Waals surface area contributed by atoms with Gasteiger partial charge in [-0.25, -0.2) is 4.39 Å². The van der Waals surface area contributed by atoms with E-state index >= 15 is 0 Å². The van der Waals surface area contributed by atoms with Crippen molar-refractivity contribution in [1.82, 2.24) is 4.90 Å². The van der Waals surface area contributed by atoms with E-state index in [0.717, 1.165) is 24.9 Å². The van der Waals surface area contributed by atoms with Gasteiger partial charge in [0.1, 0.15) is 5.82 Å². The lowest BCUT2D eigenvalue weighted by Crippen LogP contribution is -2.42. The molecule has 1 aliphatic rings. The number of likely N-dealkylation sites (tertiary alicyclic amines) is 1. The largest absolute Gasteiger partial charge is 0.340 e. The summed E-state index contributed by atoms with van der Waals surface area (Å²) in [4.78, 5) is 14.0. The highest BCUT2D eigenvalue weighted by atomic mass is 19.1. The van der Waals surface area contributed by atoms with Crippen LogP contribution in [0.5, 0.6) is 0 Å². The highest BCUT2D eigenvalue weighted by Crippen LogP contribution is 2.17. The maximum Gasteiger partial charge on any atom is 0.227 e. The Morgan fingerprint density at radius 1 is 1.47 bits per heavy atom. The molecule has 0 radical (unpaired) electrons. The number of nitrogens with zero attached hydrogens (tertiary/aromatic N) is 1. The predicted molar refractivity (Wildman–Crippen MR) is 65.1 cm³/mol. The SMILES string of the molecule is CC1CCCCN1C(=O)Cc1cccc(F)c1. The zero-order valence-corrected chi connectivity index (χ0v) is 10.2. The Morgan fingerprint density at radius 2 is 2.29 bits per heavy atom. The lowest BCUT2D eigenvalue weighted by molar-refractivity contribution is -0.133. The molecule has 0 bridgehead atoms.